The van der Waals surface area contributed by atoms with Gasteiger partial charge in [-0.25, -0.2) is 4.39 Å². The topological polar surface area (TPSA) is 46.3 Å². The molecule has 3 nitrogen and oxygen atoms in total. The summed E-state index contributed by atoms with van der Waals surface area (Å²) in [5.41, 5.74) is 5.42. The molecule has 0 spiro atoms. The maximum absolute atomic E-state index is 12.7. The Morgan fingerprint density at radius 1 is 1.58 bits per heavy atom. The molecule has 0 radical (unpaired) electrons. The van der Waals surface area contributed by atoms with Crippen LogP contribution in [0.15, 0.2) is 0 Å². The van der Waals surface area contributed by atoms with E-state index in [4.69, 9.17) is 5.73 Å². The molecule has 4 heteroatoms. The van der Waals surface area contributed by atoms with Crippen LogP contribution in [0.5, 0.6) is 0 Å². The molecule has 0 aromatic heterocycles. The number of halogens is 1. The lowest BCUT2D eigenvalue weighted by Gasteiger charge is -2.29. The van der Waals surface area contributed by atoms with Crippen LogP contribution in [-0.2, 0) is 4.79 Å². The SMILES string of the molecule is C[C@@H](N)C(=O)N1CCC(F)CC1. The zero-order valence-electron chi connectivity index (χ0n) is 7.29. The Balaban J connectivity index is 2.39. The molecule has 1 saturated heterocycles. The Labute approximate surface area is 71.7 Å². The summed E-state index contributed by atoms with van der Waals surface area (Å²) < 4.78 is 12.7. The summed E-state index contributed by atoms with van der Waals surface area (Å²) in [5, 5.41) is 0. The monoisotopic (exact) mass is 174 g/mol. The van der Waals surface area contributed by atoms with Gasteiger partial charge in [0.05, 0.1) is 6.04 Å². The maximum atomic E-state index is 12.7. The molecule has 0 aliphatic carbocycles. The molecule has 1 heterocycles. The molecule has 1 atom stereocenters. The number of nitrogens with two attached hydrogens (primary N) is 1. The maximum Gasteiger partial charge on any atom is 0.239 e. The number of piperidine rings is 1. The molecule has 1 aliphatic rings. The van der Waals surface area contributed by atoms with Crippen LogP contribution in [0.4, 0.5) is 4.39 Å². The summed E-state index contributed by atoms with van der Waals surface area (Å²) in [4.78, 5) is 12.9. The summed E-state index contributed by atoms with van der Waals surface area (Å²) in [7, 11) is 0. The smallest absolute Gasteiger partial charge is 0.239 e. The summed E-state index contributed by atoms with van der Waals surface area (Å²) in [6.45, 7) is 2.69. The second kappa shape index (κ2) is 3.85. The third-order valence-electron chi connectivity index (χ3n) is 2.13. The number of rotatable bonds is 1. The Hall–Kier alpha value is -0.640. The first-order valence-corrected chi connectivity index (χ1v) is 4.29. The highest BCUT2D eigenvalue weighted by Crippen LogP contribution is 2.13. The Bertz CT molecular complexity index is 164. The van der Waals surface area contributed by atoms with Gasteiger partial charge in [-0.3, -0.25) is 4.79 Å². The first-order valence-electron chi connectivity index (χ1n) is 4.29. The van der Waals surface area contributed by atoms with E-state index in [1.807, 2.05) is 0 Å². The fraction of sp³-hybridized carbons (Fsp3) is 0.875. The number of likely N-dealkylation sites (tertiary alicyclic amines) is 1. The largest absolute Gasteiger partial charge is 0.341 e. The van der Waals surface area contributed by atoms with Crippen molar-refractivity contribution in [3.05, 3.63) is 0 Å². The van der Waals surface area contributed by atoms with Crippen LogP contribution in [0, 0.1) is 0 Å². The summed E-state index contributed by atoms with van der Waals surface area (Å²) in [5.74, 6) is -0.0677. The predicted octanol–water partition coefficient (Wildman–Crippen LogP) is 0.294. The summed E-state index contributed by atoms with van der Waals surface area (Å²) in [6, 6.07) is -0.457. The molecule has 0 aromatic carbocycles. The molecule has 0 aromatic rings. The fourth-order valence-corrected chi connectivity index (χ4v) is 1.36. The molecule has 0 saturated carbocycles. The minimum atomic E-state index is -0.734. The second-order valence-electron chi connectivity index (χ2n) is 3.29. The highest BCUT2D eigenvalue weighted by molar-refractivity contribution is 5.81. The lowest BCUT2D eigenvalue weighted by Crippen LogP contribution is -2.46. The number of hydrogen-bond acceptors (Lipinski definition) is 2. The van der Waals surface area contributed by atoms with E-state index < -0.39 is 12.2 Å². The summed E-state index contributed by atoms with van der Waals surface area (Å²) >= 11 is 0. The van der Waals surface area contributed by atoms with Gasteiger partial charge in [0.2, 0.25) is 5.91 Å². The van der Waals surface area contributed by atoms with Gasteiger partial charge in [0, 0.05) is 13.1 Å². The van der Waals surface area contributed by atoms with Gasteiger partial charge in [0.15, 0.2) is 0 Å². The predicted molar refractivity (Wildman–Crippen MR) is 44.4 cm³/mol. The highest BCUT2D eigenvalue weighted by Gasteiger charge is 2.23. The van der Waals surface area contributed by atoms with Gasteiger partial charge in [-0.05, 0) is 19.8 Å². The average molecular weight is 174 g/mol. The van der Waals surface area contributed by atoms with E-state index in [9.17, 15) is 9.18 Å². The van der Waals surface area contributed by atoms with Gasteiger partial charge < -0.3 is 10.6 Å². The molecule has 2 N–H and O–H groups in total. The van der Waals surface area contributed by atoms with Crippen LogP contribution in [0.3, 0.4) is 0 Å². The van der Waals surface area contributed by atoms with Crippen molar-refractivity contribution in [2.24, 2.45) is 5.73 Å². The van der Waals surface area contributed by atoms with Gasteiger partial charge >= 0.3 is 0 Å². The third kappa shape index (κ3) is 2.17. The molecule has 1 amide bonds. The third-order valence-corrected chi connectivity index (χ3v) is 2.13. The molecule has 1 aliphatic heterocycles. The van der Waals surface area contributed by atoms with Crippen LogP contribution in [-0.4, -0.2) is 36.1 Å². The Morgan fingerprint density at radius 3 is 2.50 bits per heavy atom. The van der Waals surface area contributed by atoms with Crippen LogP contribution < -0.4 is 5.73 Å². The van der Waals surface area contributed by atoms with Crippen molar-refractivity contribution < 1.29 is 9.18 Å². The van der Waals surface area contributed by atoms with Crippen molar-refractivity contribution in [1.29, 1.82) is 0 Å². The first-order chi connectivity index (χ1) is 5.61. The standard InChI is InChI=1S/C8H15FN2O/c1-6(10)8(12)11-4-2-7(9)3-5-11/h6-7H,2-5,10H2,1H3/t6-/m1/s1. The zero-order valence-corrected chi connectivity index (χ0v) is 7.29. The molecular formula is C8H15FN2O. The van der Waals surface area contributed by atoms with Crippen molar-refractivity contribution >= 4 is 5.91 Å². The number of hydrogen-bond donors (Lipinski definition) is 1. The minimum absolute atomic E-state index is 0.0677. The fourth-order valence-electron chi connectivity index (χ4n) is 1.36. The highest BCUT2D eigenvalue weighted by atomic mass is 19.1. The van der Waals surface area contributed by atoms with E-state index in [1.54, 1.807) is 11.8 Å². The van der Waals surface area contributed by atoms with Crippen LogP contribution in [0.25, 0.3) is 0 Å². The molecular weight excluding hydrogens is 159 g/mol. The molecule has 0 bridgehead atoms. The van der Waals surface area contributed by atoms with Crippen molar-refractivity contribution in [3.8, 4) is 0 Å². The van der Waals surface area contributed by atoms with E-state index in [0.717, 1.165) is 0 Å². The first kappa shape index (κ1) is 9.45. The number of carbonyl (C=O) groups excluding carboxylic acids is 1. The molecule has 0 unspecified atom stereocenters. The van der Waals surface area contributed by atoms with E-state index in [-0.39, 0.29) is 5.91 Å². The van der Waals surface area contributed by atoms with Crippen molar-refractivity contribution in [1.82, 2.24) is 4.90 Å². The van der Waals surface area contributed by atoms with E-state index >= 15 is 0 Å². The van der Waals surface area contributed by atoms with Crippen molar-refractivity contribution in [2.45, 2.75) is 32.0 Å². The van der Waals surface area contributed by atoms with Crippen molar-refractivity contribution in [2.75, 3.05) is 13.1 Å². The van der Waals surface area contributed by atoms with Crippen molar-refractivity contribution in [3.63, 3.8) is 0 Å². The van der Waals surface area contributed by atoms with Gasteiger partial charge in [0.25, 0.3) is 0 Å². The van der Waals surface area contributed by atoms with Crippen LogP contribution in [0.2, 0.25) is 0 Å². The van der Waals surface area contributed by atoms with Gasteiger partial charge in [-0.1, -0.05) is 0 Å². The molecule has 70 valence electrons. The number of nitrogens with zero attached hydrogens (tertiary/aromatic N) is 1. The lowest BCUT2D eigenvalue weighted by molar-refractivity contribution is -0.133. The van der Waals surface area contributed by atoms with Crippen LogP contribution >= 0.6 is 0 Å². The second-order valence-corrected chi connectivity index (χ2v) is 3.29. The Morgan fingerprint density at radius 2 is 2.08 bits per heavy atom. The number of carbonyl (C=O) groups is 1. The normalized spacial score (nSPS) is 22.4. The zero-order chi connectivity index (χ0) is 9.14. The molecule has 1 fully saturated rings. The molecule has 1 rings (SSSR count). The van der Waals surface area contributed by atoms with Gasteiger partial charge in [-0.15, -0.1) is 0 Å². The number of amides is 1. The average Bonchev–Trinajstić information content (AvgIpc) is 2.04. The summed E-state index contributed by atoms with van der Waals surface area (Å²) in [6.07, 6.45) is 0.179. The molecule has 12 heavy (non-hydrogen) atoms. The quantitative estimate of drug-likeness (QED) is 0.621. The van der Waals surface area contributed by atoms with Gasteiger partial charge in [0.1, 0.15) is 6.17 Å². The van der Waals surface area contributed by atoms with Crippen LogP contribution in [0.1, 0.15) is 19.8 Å². The van der Waals surface area contributed by atoms with E-state index in [1.165, 1.54) is 0 Å². The van der Waals surface area contributed by atoms with E-state index in [0.29, 0.717) is 25.9 Å². The lowest BCUT2D eigenvalue weighted by atomic mass is 10.1. The van der Waals surface area contributed by atoms with E-state index in [2.05, 4.69) is 0 Å². The van der Waals surface area contributed by atoms with Gasteiger partial charge in [-0.2, -0.15) is 0 Å². The Kier molecular flexibility index (Phi) is 3.03. The minimum Gasteiger partial charge on any atom is -0.341 e. The number of alkyl halides is 1.